The fourth-order valence-corrected chi connectivity index (χ4v) is 2.07. The van der Waals surface area contributed by atoms with Gasteiger partial charge in [-0.1, -0.05) is 0 Å². The SMILES string of the molecule is Cc1nccn1C1CCN(CC(F)(F)F)C1=O. The number of rotatable bonds is 2. The van der Waals surface area contributed by atoms with E-state index in [1.165, 1.54) is 6.20 Å². The lowest BCUT2D eigenvalue weighted by Crippen LogP contribution is -2.36. The van der Waals surface area contributed by atoms with Crippen molar-refractivity contribution in [2.75, 3.05) is 13.1 Å². The van der Waals surface area contributed by atoms with Crippen LogP contribution in [0.25, 0.3) is 0 Å². The summed E-state index contributed by atoms with van der Waals surface area (Å²) in [6.07, 6.45) is -0.787. The van der Waals surface area contributed by atoms with E-state index in [-0.39, 0.29) is 6.54 Å². The Morgan fingerprint density at radius 3 is 2.76 bits per heavy atom. The lowest BCUT2D eigenvalue weighted by atomic mass is 10.2. The summed E-state index contributed by atoms with van der Waals surface area (Å²) in [6, 6.07) is -0.542. The van der Waals surface area contributed by atoms with Gasteiger partial charge in [0.2, 0.25) is 5.91 Å². The van der Waals surface area contributed by atoms with Crippen molar-refractivity contribution in [2.45, 2.75) is 25.6 Å². The first-order valence-electron chi connectivity index (χ1n) is 5.23. The third-order valence-electron chi connectivity index (χ3n) is 2.84. The van der Waals surface area contributed by atoms with Gasteiger partial charge in [0.25, 0.3) is 0 Å². The summed E-state index contributed by atoms with van der Waals surface area (Å²) < 4.78 is 38.3. The standard InChI is InChI=1S/C10H12F3N3O/c1-7-14-3-5-16(7)8-2-4-15(9(8)17)6-10(11,12)13/h3,5,8H,2,4,6H2,1H3. The summed E-state index contributed by atoms with van der Waals surface area (Å²) in [5.74, 6) is 0.153. The first kappa shape index (κ1) is 11.9. The first-order valence-corrected chi connectivity index (χ1v) is 5.23. The van der Waals surface area contributed by atoms with E-state index in [1.54, 1.807) is 17.7 Å². The van der Waals surface area contributed by atoms with Crippen molar-refractivity contribution in [3.05, 3.63) is 18.2 Å². The topological polar surface area (TPSA) is 38.1 Å². The number of halogens is 3. The van der Waals surface area contributed by atoms with Crippen LogP contribution in [-0.4, -0.2) is 39.6 Å². The average Bonchev–Trinajstić information content (AvgIpc) is 2.73. The van der Waals surface area contributed by atoms with Gasteiger partial charge < -0.3 is 9.47 Å². The van der Waals surface area contributed by atoms with E-state index in [0.29, 0.717) is 12.2 Å². The number of hydrogen-bond acceptors (Lipinski definition) is 2. The van der Waals surface area contributed by atoms with Crippen molar-refractivity contribution in [3.8, 4) is 0 Å². The van der Waals surface area contributed by atoms with Crippen molar-refractivity contribution in [1.82, 2.24) is 14.5 Å². The third-order valence-corrected chi connectivity index (χ3v) is 2.84. The molecule has 1 fully saturated rings. The molecule has 7 heteroatoms. The Hall–Kier alpha value is -1.53. The highest BCUT2D eigenvalue weighted by Crippen LogP contribution is 2.27. The molecular weight excluding hydrogens is 235 g/mol. The van der Waals surface area contributed by atoms with Crippen LogP contribution in [-0.2, 0) is 4.79 Å². The van der Waals surface area contributed by atoms with Crippen LogP contribution in [0.15, 0.2) is 12.4 Å². The van der Waals surface area contributed by atoms with Crippen LogP contribution >= 0.6 is 0 Å². The van der Waals surface area contributed by atoms with Crippen LogP contribution < -0.4 is 0 Å². The molecule has 1 atom stereocenters. The number of aryl methyl sites for hydroxylation is 1. The number of nitrogens with zero attached hydrogens (tertiary/aromatic N) is 3. The Morgan fingerprint density at radius 1 is 1.53 bits per heavy atom. The quantitative estimate of drug-likeness (QED) is 0.794. The lowest BCUT2D eigenvalue weighted by Gasteiger charge is -2.19. The maximum Gasteiger partial charge on any atom is 0.406 e. The van der Waals surface area contributed by atoms with Crippen molar-refractivity contribution in [1.29, 1.82) is 0 Å². The van der Waals surface area contributed by atoms with E-state index in [9.17, 15) is 18.0 Å². The number of aromatic nitrogens is 2. The summed E-state index contributed by atoms with van der Waals surface area (Å²) >= 11 is 0. The number of hydrogen-bond donors (Lipinski definition) is 0. The molecule has 2 heterocycles. The van der Waals surface area contributed by atoms with E-state index in [1.807, 2.05) is 0 Å². The van der Waals surface area contributed by atoms with E-state index in [4.69, 9.17) is 0 Å². The zero-order valence-electron chi connectivity index (χ0n) is 9.24. The molecule has 1 saturated heterocycles. The molecule has 4 nitrogen and oxygen atoms in total. The molecule has 0 aliphatic carbocycles. The zero-order chi connectivity index (χ0) is 12.6. The lowest BCUT2D eigenvalue weighted by molar-refractivity contribution is -0.158. The minimum Gasteiger partial charge on any atom is -0.332 e. The highest BCUT2D eigenvalue weighted by Gasteiger charge is 2.40. The summed E-state index contributed by atoms with van der Waals surface area (Å²) in [7, 11) is 0. The van der Waals surface area contributed by atoms with E-state index in [2.05, 4.69) is 4.98 Å². The van der Waals surface area contributed by atoms with Crippen LogP contribution in [0, 0.1) is 6.92 Å². The van der Waals surface area contributed by atoms with E-state index >= 15 is 0 Å². The number of carbonyl (C=O) groups is 1. The van der Waals surface area contributed by atoms with Crippen LogP contribution in [0.5, 0.6) is 0 Å². The van der Waals surface area contributed by atoms with E-state index < -0.39 is 24.7 Å². The fraction of sp³-hybridized carbons (Fsp3) is 0.600. The van der Waals surface area contributed by atoms with Crippen LogP contribution in [0.3, 0.4) is 0 Å². The van der Waals surface area contributed by atoms with Crippen molar-refractivity contribution >= 4 is 5.91 Å². The van der Waals surface area contributed by atoms with Crippen molar-refractivity contribution < 1.29 is 18.0 Å². The van der Waals surface area contributed by atoms with Gasteiger partial charge in [-0.05, 0) is 13.3 Å². The minimum atomic E-state index is -4.34. The Labute approximate surface area is 96.0 Å². The molecule has 0 spiro atoms. The number of alkyl halides is 3. The van der Waals surface area contributed by atoms with Crippen LogP contribution in [0.4, 0.5) is 13.2 Å². The molecule has 0 N–H and O–H groups in total. The summed E-state index contributed by atoms with van der Waals surface area (Å²) in [6.45, 7) is 0.691. The number of carbonyl (C=O) groups excluding carboxylic acids is 1. The number of amides is 1. The van der Waals surface area contributed by atoms with Gasteiger partial charge in [-0.15, -0.1) is 0 Å². The second-order valence-corrected chi connectivity index (χ2v) is 4.06. The Bertz CT molecular complexity index is 427. The van der Waals surface area contributed by atoms with Crippen molar-refractivity contribution in [2.24, 2.45) is 0 Å². The predicted octanol–water partition coefficient (Wildman–Crippen LogP) is 1.53. The largest absolute Gasteiger partial charge is 0.406 e. The maximum atomic E-state index is 12.2. The maximum absolute atomic E-state index is 12.2. The van der Waals surface area contributed by atoms with Gasteiger partial charge >= 0.3 is 6.18 Å². The average molecular weight is 247 g/mol. The number of likely N-dealkylation sites (tertiary alicyclic amines) is 1. The molecule has 0 radical (unpaired) electrons. The highest BCUT2D eigenvalue weighted by molar-refractivity contribution is 5.82. The fourth-order valence-electron chi connectivity index (χ4n) is 2.07. The monoisotopic (exact) mass is 247 g/mol. The molecule has 0 saturated carbocycles. The van der Waals surface area contributed by atoms with Gasteiger partial charge in [0.1, 0.15) is 18.4 Å². The smallest absolute Gasteiger partial charge is 0.332 e. The van der Waals surface area contributed by atoms with Gasteiger partial charge in [-0.25, -0.2) is 4.98 Å². The van der Waals surface area contributed by atoms with Crippen LogP contribution in [0.2, 0.25) is 0 Å². The molecule has 1 unspecified atom stereocenters. The predicted molar refractivity (Wildman–Crippen MR) is 53.3 cm³/mol. The van der Waals surface area contributed by atoms with Crippen molar-refractivity contribution in [3.63, 3.8) is 0 Å². The third kappa shape index (κ3) is 2.42. The summed E-state index contributed by atoms with van der Waals surface area (Å²) in [4.78, 5) is 16.6. The zero-order valence-corrected chi connectivity index (χ0v) is 9.24. The number of imidazole rings is 1. The van der Waals surface area contributed by atoms with Gasteiger partial charge in [0, 0.05) is 18.9 Å². The molecule has 2 rings (SSSR count). The summed E-state index contributed by atoms with van der Waals surface area (Å²) in [5, 5.41) is 0. The molecule has 1 amide bonds. The highest BCUT2D eigenvalue weighted by atomic mass is 19.4. The molecular formula is C10H12F3N3O. The second kappa shape index (κ2) is 4.05. The Kier molecular flexibility index (Phi) is 2.84. The van der Waals surface area contributed by atoms with Gasteiger partial charge in [0.15, 0.2) is 0 Å². The molecule has 1 aromatic heterocycles. The molecule has 1 aromatic rings. The molecule has 94 valence electrons. The first-order chi connectivity index (χ1) is 7.88. The molecule has 17 heavy (non-hydrogen) atoms. The van der Waals surface area contributed by atoms with E-state index in [0.717, 1.165) is 4.90 Å². The van der Waals surface area contributed by atoms with Crippen LogP contribution in [0.1, 0.15) is 18.3 Å². The van der Waals surface area contributed by atoms with Gasteiger partial charge in [-0.3, -0.25) is 4.79 Å². The minimum absolute atomic E-state index is 0.140. The van der Waals surface area contributed by atoms with Gasteiger partial charge in [0.05, 0.1) is 0 Å². The second-order valence-electron chi connectivity index (χ2n) is 4.06. The van der Waals surface area contributed by atoms with Gasteiger partial charge in [-0.2, -0.15) is 13.2 Å². The Balaban J connectivity index is 2.11. The molecule has 1 aliphatic heterocycles. The Morgan fingerprint density at radius 2 is 2.24 bits per heavy atom. The normalized spacial score (nSPS) is 21.3. The molecule has 0 bridgehead atoms. The molecule has 1 aliphatic rings. The summed E-state index contributed by atoms with van der Waals surface area (Å²) in [5.41, 5.74) is 0. The molecule has 0 aromatic carbocycles.